The quantitative estimate of drug-likeness (QED) is 0.357. The first-order valence-corrected chi connectivity index (χ1v) is 11.0. The third kappa shape index (κ3) is 5.47. The van der Waals surface area contributed by atoms with Crippen molar-refractivity contribution in [2.75, 3.05) is 10.3 Å². The zero-order valence-electron chi connectivity index (χ0n) is 19.7. The second-order valence-electron chi connectivity index (χ2n) is 8.59. The van der Waals surface area contributed by atoms with Crippen LogP contribution in [0.4, 0.5) is 29.3 Å². The number of carbonyl (C=O) groups excluding carboxylic acids is 3. The van der Waals surface area contributed by atoms with Gasteiger partial charge in [0.15, 0.2) is 0 Å². The third-order valence-electron chi connectivity index (χ3n) is 5.74. The number of pyridine rings is 1. The van der Waals surface area contributed by atoms with E-state index in [2.05, 4.69) is 20.6 Å². The van der Waals surface area contributed by atoms with Crippen molar-refractivity contribution in [2.45, 2.75) is 32.3 Å². The molecule has 1 saturated heterocycles. The Bertz CT molecular complexity index is 1310. The number of anilines is 2. The maximum Gasteiger partial charge on any atom is 0.573 e. The molecule has 0 bridgehead atoms. The Morgan fingerprint density at radius 3 is 2.35 bits per heavy atom. The lowest BCUT2D eigenvalue weighted by Crippen LogP contribution is -2.44. The fraction of sp³-hybridized carbons (Fsp3) is 0.200. The van der Waals surface area contributed by atoms with Gasteiger partial charge in [-0.25, -0.2) is 9.69 Å². The number of nitrogens with zero attached hydrogens (tertiary/aromatic N) is 3. The number of benzene rings is 2. The van der Waals surface area contributed by atoms with Crippen LogP contribution in [0.25, 0.3) is 0 Å². The maximum absolute atomic E-state index is 13.3. The van der Waals surface area contributed by atoms with Gasteiger partial charge in [0.05, 0.1) is 24.1 Å². The highest BCUT2D eigenvalue weighted by Crippen LogP contribution is 2.35. The lowest BCUT2D eigenvalue weighted by Gasteiger charge is -2.28. The molecule has 1 aliphatic rings. The van der Waals surface area contributed by atoms with Gasteiger partial charge in [-0.3, -0.25) is 25.4 Å². The Kier molecular flexibility index (Phi) is 6.75. The Labute approximate surface area is 209 Å². The number of alkyl halides is 3. The van der Waals surface area contributed by atoms with Gasteiger partial charge in [0, 0.05) is 11.8 Å². The molecule has 4 rings (SSSR count). The van der Waals surface area contributed by atoms with Crippen LogP contribution in [0, 0.1) is 0 Å². The van der Waals surface area contributed by atoms with Gasteiger partial charge in [-0.2, -0.15) is 0 Å². The third-order valence-corrected chi connectivity index (χ3v) is 5.74. The smallest absolute Gasteiger partial charge is 0.406 e. The zero-order chi connectivity index (χ0) is 26.8. The fourth-order valence-electron chi connectivity index (χ4n) is 3.76. The normalized spacial score (nSPS) is 15.1. The molecule has 0 radical (unpaired) electrons. The van der Waals surface area contributed by atoms with Crippen LogP contribution in [0.15, 0.2) is 73.1 Å². The van der Waals surface area contributed by atoms with Crippen LogP contribution in [0.1, 0.15) is 29.8 Å². The average molecular weight is 513 g/mol. The molecule has 0 atom stereocenters. The van der Waals surface area contributed by atoms with Crippen LogP contribution in [0.3, 0.4) is 0 Å². The van der Waals surface area contributed by atoms with Gasteiger partial charge in [-0.15, -0.1) is 13.2 Å². The molecule has 0 aliphatic carbocycles. The van der Waals surface area contributed by atoms with Gasteiger partial charge < -0.3 is 9.64 Å². The van der Waals surface area contributed by atoms with Gasteiger partial charge in [0.25, 0.3) is 11.8 Å². The van der Waals surface area contributed by atoms with Crippen molar-refractivity contribution in [1.82, 2.24) is 15.3 Å². The molecule has 37 heavy (non-hydrogen) atoms. The minimum atomic E-state index is -4.86. The summed E-state index contributed by atoms with van der Waals surface area (Å²) in [7, 11) is 0. The van der Waals surface area contributed by atoms with Gasteiger partial charge in [0.1, 0.15) is 11.3 Å². The van der Waals surface area contributed by atoms with Crippen molar-refractivity contribution in [1.29, 1.82) is 0 Å². The van der Waals surface area contributed by atoms with Gasteiger partial charge in [-0.1, -0.05) is 18.2 Å². The summed E-state index contributed by atoms with van der Waals surface area (Å²) in [5.74, 6) is -1.41. The number of halogens is 3. The second kappa shape index (κ2) is 9.80. The lowest BCUT2D eigenvalue weighted by atomic mass is 10.0. The summed E-state index contributed by atoms with van der Waals surface area (Å²) in [4.78, 5) is 45.2. The molecule has 0 saturated carbocycles. The number of carbonyl (C=O) groups is 3. The largest absolute Gasteiger partial charge is 0.573 e. The first-order chi connectivity index (χ1) is 17.5. The molecule has 0 unspecified atom stereocenters. The predicted octanol–water partition coefficient (Wildman–Crippen LogP) is 4.48. The number of nitrogens with one attached hydrogen (secondary N) is 2. The Morgan fingerprint density at radius 2 is 1.70 bits per heavy atom. The zero-order valence-corrected chi connectivity index (χ0v) is 19.7. The molecule has 1 aromatic heterocycles. The number of hydrazine groups is 1. The number of ether oxygens (including phenoxy) is 1. The molecule has 2 N–H and O–H groups in total. The lowest BCUT2D eigenvalue weighted by molar-refractivity contribution is -0.274. The minimum absolute atomic E-state index is 0.0184. The summed E-state index contributed by atoms with van der Waals surface area (Å²) >= 11 is 0. The molecule has 4 amide bonds. The first-order valence-electron chi connectivity index (χ1n) is 11.0. The number of rotatable bonds is 7. The summed E-state index contributed by atoms with van der Waals surface area (Å²) in [5.41, 5.74) is 5.62. The predicted molar refractivity (Wildman–Crippen MR) is 127 cm³/mol. The van der Waals surface area contributed by atoms with E-state index < -0.39 is 29.6 Å². The van der Waals surface area contributed by atoms with Crippen molar-refractivity contribution in [3.63, 3.8) is 0 Å². The molecule has 9 nitrogen and oxygen atoms in total. The molecule has 1 fully saturated rings. The number of hydrogen-bond acceptors (Lipinski definition) is 6. The summed E-state index contributed by atoms with van der Waals surface area (Å²) in [6.45, 7) is 3.12. The van der Waals surface area contributed by atoms with E-state index in [-0.39, 0.29) is 18.1 Å². The first kappa shape index (κ1) is 25.5. The van der Waals surface area contributed by atoms with Gasteiger partial charge >= 0.3 is 12.4 Å². The van der Waals surface area contributed by atoms with E-state index in [1.807, 2.05) is 0 Å². The van der Waals surface area contributed by atoms with E-state index in [1.54, 1.807) is 50.2 Å². The molecular formula is C25H22F3N5O4. The standard InChI is InChI=1S/C25H22F3N5O4/c1-24(2)22(35)33(18-8-10-19(11-9-18)37-25(26,27)28)23(36)32(24)15-17-12-13-29-14-20(17)30-31-21(34)16-6-4-3-5-7-16/h3-14,30H,15H2,1-2H3,(H,31,34). The Balaban J connectivity index is 1.52. The summed E-state index contributed by atoms with van der Waals surface area (Å²) in [6, 6.07) is 14.0. The topological polar surface area (TPSA) is 104 Å². The number of amides is 4. The molecule has 1 aliphatic heterocycles. The van der Waals surface area contributed by atoms with Crippen LogP contribution in [-0.2, 0) is 11.3 Å². The van der Waals surface area contributed by atoms with Crippen LogP contribution >= 0.6 is 0 Å². The molecule has 192 valence electrons. The van der Waals surface area contributed by atoms with Crippen LogP contribution < -0.4 is 20.5 Å². The Hall–Kier alpha value is -4.61. The molecular weight excluding hydrogens is 491 g/mol. The maximum atomic E-state index is 13.3. The summed E-state index contributed by atoms with van der Waals surface area (Å²) in [5, 5.41) is 0. The average Bonchev–Trinajstić information content (AvgIpc) is 3.02. The van der Waals surface area contributed by atoms with Crippen molar-refractivity contribution < 1.29 is 32.3 Å². The molecule has 0 spiro atoms. The van der Waals surface area contributed by atoms with E-state index in [4.69, 9.17) is 0 Å². The highest BCUT2D eigenvalue weighted by atomic mass is 19.4. The number of aromatic nitrogens is 1. The number of imide groups is 1. The molecule has 12 heteroatoms. The molecule has 3 aromatic rings. The van der Waals surface area contributed by atoms with Crippen molar-refractivity contribution in [3.05, 3.63) is 84.2 Å². The van der Waals surface area contributed by atoms with Crippen molar-refractivity contribution in [2.24, 2.45) is 0 Å². The molecule has 2 heterocycles. The van der Waals surface area contributed by atoms with Crippen LogP contribution in [-0.4, -0.2) is 39.6 Å². The van der Waals surface area contributed by atoms with E-state index in [0.717, 1.165) is 17.0 Å². The van der Waals surface area contributed by atoms with E-state index >= 15 is 0 Å². The second-order valence-corrected chi connectivity index (χ2v) is 8.59. The minimum Gasteiger partial charge on any atom is -0.406 e. The number of hydrogen-bond donors (Lipinski definition) is 2. The summed E-state index contributed by atoms with van der Waals surface area (Å²) in [6.07, 6.45) is -1.89. The Morgan fingerprint density at radius 1 is 1.03 bits per heavy atom. The summed E-state index contributed by atoms with van der Waals surface area (Å²) < 4.78 is 41.2. The van der Waals surface area contributed by atoms with Crippen molar-refractivity contribution >= 4 is 29.2 Å². The van der Waals surface area contributed by atoms with E-state index in [1.165, 1.54) is 29.4 Å². The number of urea groups is 1. The van der Waals surface area contributed by atoms with Crippen molar-refractivity contribution in [3.8, 4) is 5.75 Å². The highest BCUT2D eigenvalue weighted by Gasteiger charge is 2.52. The van der Waals surface area contributed by atoms with Gasteiger partial charge in [-0.05, 0) is 61.9 Å². The van der Waals surface area contributed by atoms with Crippen LogP contribution in [0.5, 0.6) is 5.75 Å². The fourth-order valence-corrected chi connectivity index (χ4v) is 3.76. The van der Waals surface area contributed by atoms with E-state index in [9.17, 15) is 27.6 Å². The SMILES string of the molecule is CC1(C)C(=O)N(c2ccc(OC(F)(F)F)cc2)C(=O)N1Cc1ccncc1NNC(=O)c1ccccc1. The molecule has 2 aromatic carbocycles. The van der Waals surface area contributed by atoms with E-state index in [0.29, 0.717) is 16.8 Å². The van der Waals surface area contributed by atoms with Gasteiger partial charge in [0.2, 0.25) is 0 Å². The van der Waals surface area contributed by atoms with Crippen LogP contribution in [0.2, 0.25) is 0 Å². The monoisotopic (exact) mass is 513 g/mol. The highest BCUT2D eigenvalue weighted by molar-refractivity contribution is 6.23.